The summed E-state index contributed by atoms with van der Waals surface area (Å²) in [7, 11) is 0. The van der Waals surface area contributed by atoms with Gasteiger partial charge in [0.05, 0.1) is 24.6 Å². The predicted molar refractivity (Wildman–Crippen MR) is 115 cm³/mol. The molecule has 28 heavy (non-hydrogen) atoms. The Hall–Kier alpha value is -2.11. The van der Waals surface area contributed by atoms with Gasteiger partial charge in [-0.15, -0.1) is 0 Å². The number of benzene rings is 1. The van der Waals surface area contributed by atoms with Crippen LogP contribution in [0, 0.1) is 12.8 Å². The Morgan fingerprint density at radius 2 is 1.89 bits per heavy atom. The summed E-state index contributed by atoms with van der Waals surface area (Å²) >= 11 is 0. The highest BCUT2D eigenvalue weighted by molar-refractivity contribution is 5.54. The Morgan fingerprint density at radius 1 is 1.11 bits per heavy atom. The van der Waals surface area contributed by atoms with Gasteiger partial charge in [0.25, 0.3) is 0 Å². The van der Waals surface area contributed by atoms with Crippen LogP contribution in [0.15, 0.2) is 42.5 Å². The van der Waals surface area contributed by atoms with E-state index in [4.69, 9.17) is 9.72 Å². The lowest BCUT2D eigenvalue weighted by Gasteiger charge is -2.29. The van der Waals surface area contributed by atoms with E-state index in [0.29, 0.717) is 12.0 Å². The van der Waals surface area contributed by atoms with Crippen molar-refractivity contribution in [3.63, 3.8) is 0 Å². The first-order chi connectivity index (χ1) is 13.7. The second-order valence-corrected chi connectivity index (χ2v) is 8.10. The molecule has 2 aromatic rings. The number of likely N-dealkylation sites (tertiary alicyclic amines) is 1. The fourth-order valence-electron chi connectivity index (χ4n) is 4.29. The molecule has 150 valence electrons. The maximum atomic E-state index is 5.45. The van der Waals surface area contributed by atoms with E-state index < -0.39 is 0 Å². The number of aryl methyl sites for hydroxylation is 1. The van der Waals surface area contributed by atoms with Crippen LogP contribution in [0.25, 0.3) is 0 Å². The monoisotopic (exact) mass is 380 g/mol. The quantitative estimate of drug-likeness (QED) is 0.830. The number of nitrogens with zero attached hydrogens (tertiary/aromatic N) is 3. The zero-order valence-electron chi connectivity index (χ0n) is 17.1. The zero-order chi connectivity index (χ0) is 19.3. The summed E-state index contributed by atoms with van der Waals surface area (Å²) in [4.78, 5) is 9.73. The first-order valence-corrected chi connectivity index (χ1v) is 10.5. The number of hydrogen-bond acceptors (Lipinski definition) is 5. The topological polar surface area (TPSA) is 40.6 Å². The maximum absolute atomic E-state index is 5.45. The highest BCUT2D eigenvalue weighted by Gasteiger charge is 2.27. The summed E-state index contributed by atoms with van der Waals surface area (Å²) in [5.41, 5.74) is 3.64. The van der Waals surface area contributed by atoms with Crippen LogP contribution < -0.4 is 10.2 Å². The summed E-state index contributed by atoms with van der Waals surface area (Å²) in [5.74, 6) is 1.73. The maximum Gasteiger partial charge on any atom is 0.129 e. The average Bonchev–Trinajstić information content (AvgIpc) is 3.19. The van der Waals surface area contributed by atoms with E-state index in [1.54, 1.807) is 0 Å². The molecule has 0 bridgehead atoms. The molecule has 0 aliphatic carbocycles. The van der Waals surface area contributed by atoms with Gasteiger partial charge in [-0.05, 0) is 50.4 Å². The first kappa shape index (κ1) is 19.2. The van der Waals surface area contributed by atoms with E-state index in [9.17, 15) is 0 Å². The molecule has 3 heterocycles. The SMILES string of the molecule is Cc1nc(N2CCOCC2)ccc1NC(C)C1CCN(Cc2ccccc2)C1. The normalized spacial score (nSPS) is 21.6. The number of anilines is 2. The predicted octanol–water partition coefficient (Wildman–Crippen LogP) is 3.55. The number of rotatable bonds is 6. The van der Waals surface area contributed by atoms with E-state index in [2.05, 4.69) is 71.4 Å². The highest BCUT2D eigenvalue weighted by Crippen LogP contribution is 2.26. The van der Waals surface area contributed by atoms with Crippen LogP contribution in [0.2, 0.25) is 0 Å². The second-order valence-electron chi connectivity index (χ2n) is 8.10. The van der Waals surface area contributed by atoms with Gasteiger partial charge in [0.15, 0.2) is 0 Å². The molecule has 2 aliphatic heterocycles. The van der Waals surface area contributed by atoms with E-state index >= 15 is 0 Å². The number of hydrogen-bond donors (Lipinski definition) is 1. The van der Waals surface area contributed by atoms with Crippen LogP contribution in [-0.2, 0) is 11.3 Å². The average molecular weight is 381 g/mol. The van der Waals surface area contributed by atoms with Crippen LogP contribution >= 0.6 is 0 Å². The van der Waals surface area contributed by atoms with Crippen molar-refractivity contribution < 1.29 is 4.74 Å². The molecular weight excluding hydrogens is 348 g/mol. The molecule has 2 atom stereocenters. The number of morpholine rings is 1. The molecule has 1 aromatic heterocycles. The highest BCUT2D eigenvalue weighted by atomic mass is 16.5. The van der Waals surface area contributed by atoms with Crippen molar-refractivity contribution in [2.45, 2.75) is 32.9 Å². The Kier molecular flexibility index (Phi) is 6.13. The Morgan fingerprint density at radius 3 is 2.64 bits per heavy atom. The zero-order valence-corrected chi connectivity index (χ0v) is 17.1. The molecule has 0 saturated carbocycles. The third-order valence-electron chi connectivity index (χ3n) is 6.05. The van der Waals surface area contributed by atoms with Crippen LogP contribution in [-0.4, -0.2) is 55.3 Å². The Bertz CT molecular complexity index is 760. The standard InChI is InChI=1S/C23H32N4O/c1-18(21-10-11-26(17-21)16-20-6-4-3-5-7-20)24-22-8-9-23(25-19(22)2)27-12-14-28-15-13-27/h3-9,18,21,24H,10-17H2,1-2H3. The van der Waals surface area contributed by atoms with Crippen molar-refractivity contribution in [1.82, 2.24) is 9.88 Å². The smallest absolute Gasteiger partial charge is 0.129 e. The minimum Gasteiger partial charge on any atom is -0.381 e. The van der Waals surface area contributed by atoms with Crippen LogP contribution in [0.4, 0.5) is 11.5 Å². The van der Waals surface area contributed by atoms with Crippen LogP contribution in [0.1, 0.15) is 24.6 Å². The van der Waals surface area contributed by atoms with Crippen molar-refractivity contribution in [3.8, 4) is 0 Å². The molecule has 2 unspecified atom stereocenters. The van der Waals surface area contributed by atoms with Gasteiger partial charge >= 0.3 is 0 Å². The molecule has 2 fully saturated rings. The van der Waals surface area contributed by atoms with Crippen molar-refractivity contribution in [3.05, 3.63) is 53.7 Å². The van der Waals surface area contributed by atoms with Gasteiger partial charge in [-0.2, -0.15) is 0 Å². The molecule has 4 rings (SSSR count). The van der Waals surface area contributed by atoms with E-state index in [1.165, 1.54) is 18.5 Å². The fourth-order valence-corrected chi connectivity index (χ4v) is 4.29. The number of ether oxygens (including phenoxy) is 1. The van der Waals surface area contributed by atoms with Gasteiger partial charge < -0.3 is 15.0 Å². The van der Waals surface area contributed by atoms with E-state index in [1.807, 2.05) is 0 Å². The minimum absolute atomic E-state index is 0.440. The molecule has 1 aromatic carbocycles. The van der Waals surface area contributed by atoms with Gasteiger partial charge in [-0.25, -0.2) is 4.98 Å². The molecule has 2 aliphatic rings. The lowest BCUT2D eigenvalue weighted by molar-refractivity contribution is 0.122. The second kappa shape index (κ2) is 8.93. The third-order valence-corrected chi connectivity index (χ3v) is 6.05. The van der Waals surface area contributed by atoms with Gasteiger partial charge in [0.2, 0.25) is 0 Å². The Labute approximate surface area is 168 Å². The first-order valence-electron chi connectivity index (χ1n) is 10.5. The van der Waals surface area contributed by atoms with Gasteiger partial charge in [-0.1, -0.05) is 30.3 Å². The largest absolute Gasteiger partial charge is 0.381 e. The minimum atomic E-state index is 0.440. The van der Waals surface area contributed by atoms with Gasteiger partial charge in [-0.3, -0.25) is 4.90 Å². The van der Waals surface area contributed by atoms with Crippen LogP contribution in [0.3, 0.4) is 0 Å². The molecule has 0 spiro atoms. The molecule has 5 heteroatoms. The number of aromatic nitrogens is 1. The van der Waals surface area contributed by atoms with Gasteiger partial charge in [0.1, 0.15) is 5.82 Å². The summed E-state index contributed by atoms with van der Waals surface area (Å²) < 4.78 is 5.45. The van der Waals surface area contributed by atoms with E-state index in [-0.39, 0.29) is 0 Å². The van der Waals surface area contributed by atoms with E-state index in [0.717, 1.165) is 56.6 Å². The summed E-state index contributed by atoms with van der Waals surface area (Å²) in [6.45, 7) is 11.2. The number of pyridine rings is 1. The lowest BCUT2D eigenvalue weighted by Crippen LogP contribution is -2.36. The van der Waals surface area contributed by atoms with Crippen molar-refractivity contribution in [2.24, 2.45) is 5.92 Å². The summed E-state index contributed by atoms with van der Waals surface area (Å²) in [5, 5.41) is 3.73. The van der Waals surface area contributed by atoms with Crippen molar-refractivity contribution in [1.29, 1.82) is 0 Å². The van der Waals surface area contributed by atoms with Crippen molar-refractivity contribution in [2.75, 3.05) is 49.6 Å². The molecule has 0 radical (unpaired) electrons. The third kappa shape index (κ3) is 4.65. The molecule has 1 N–H and O–H groups in total. The van der Waals surface area contributed by atoms with Crippen LogP contribution in [0.5, 0.6) is 0 Å². The fraction of sp³-hybridized carbons (Fsp3) is 0.522. The molecule has 5 nitrogen and oxygen atoms in total. The lowest BCUT2D eigenvalue weighted by atomic mass is 10.00. The molecule has 0 amide bonds. The van der Waals surface area contributed by atoms with Gasteiger partial charge in [0, 0.05) is 32.2 Å². The summed E-state index contributed by atoms with van der Waals surface area (Å²) in [6.07, 6.45) is 1.25. The number of nitrogens with one attached hydrogen (secondary N) is 1. The molecular formula is C23H32N4O. The Balaban J connectivity index is 1.32. The van der Waals surface area contributed by atoms with Crippen molar-refractivity contribution >= 4 is 11.5 Å². The summed E-state index contributed by atoms with van der Waals surface area (Å²) in [6, 6.07) is 15.6. The molecule has 2 saturated heterocycles.